The molecular weight excluding hydrogens is 414 g/mol. The lowest BCUT2D eigenvalue weighted by Gasteiger charge is -2.28. The third-order valence-corrected chi connectivity index (χ3v) is 6.84. The zero-order chi connectivity index (χ0) is 20.8. The molecule has 156 valence electrons. The number of aromatic nitrogens is 1. The molecule has 5 nitrogen and oxygen atoms in total. The van der Waals surface area contributed by atoms with E-state index in [1.54, 1.807) is 18.9 Å². The van der Waals surface area contributed by atoms with Crippen LogP contribution >= 0.6 is 23.1 Å². The molecule has 30 heavy (non-hydrogen) atoms. The molecule has 0 bridgehead atoms. The number of benzene rings is 2. The van der Waals surface area contributed by atoms with Gasteiger partial charge in [0.1, 0.15) is 5.75 Å². The van der Waals surface area contributed by atoms with Crippen LogP contribution in [0.5, 0.6) is 5.75 Å². The number of ether oxygens (including phenoxy) is 1. The molecule has 0 atom stereocenters. The Balaban J connectivity index is 1.24. The van der Waals surface area contributed by atoms with Crippen molar-refractivity contribution in [3.63, 3.8) is 0 Å². The second kappa shape index (κ2) is 10.1. The maximum absolute atomic E-state index is 12.2. The Morgan fingerprint density at radius 1 is 1.23 bits per heavy atom. The molecule has 1 aliphatic heterocycles. The molecule has 1 aliphatic rings. The van der Waals surface area contributed by atoms with E-state index in [4.69, 9.17) is 4.74 Å². The summed E-state index contributed by atoms with van der Waals surface area (Å²) >= 11 is 3.10. The monoisotopic (exact) mass is 439 g/mol. The molecule has 7 heteroatoms. The van der Waals surface area contributed by atoms with Crippen LogP contribution in [0, 0.1) is 0 Å². The number of nitrogens with one attached hydrogen (secondary N) is 1. The summed E-state index contributed by atoms with van der Waals surface area (Å²) in [6.07, 6.45) is 1.01. The number of carbonyl (C=O) groups is 1. The maximum Gasteiger partial charge on any atom is 0.236 e. The Morgan fingerprint density at radius 3 is 2.93 bits per heavy atom. The average Bonchev–Trinajstić information content (AvgIpc) is 3.20. The van der Waals surface area contributed by atoms with Crippen molar-refractivity contribution in [3.8, 4) is 5.75 Å². The van der Waals surface area contributed by atoms with Crippen molar-refractivity contribution in [2.75, 3.05) is 24.7 Å². The summed E-state index contributed by atoms with van der Waals surface area (Å²) in [5.74, 6) is 2.18. The molecular formula is C23H25N3O2S2. The van der Waals surface area contributed by atoms with Crippen molar-refractivity contribution >= 4 is 34.1 Å². The van der Waals surface area contributed by atoms with Gasteiger partial charge in [-0.25, -0.2) is 4.98 Å². The van der Waals surface area contributed by atoms with Crippen LogP contribution in [0.25, 0.3) is 0 Å². The Bertz CT molecular complexity index is 991. The quantitative estimate of drug-likeness (QED) is 0.557. The van der Waals surface area contributed by atoms with Gasteiger partial charge in [0, 0.05) is 30.8 Å². The largest absolute Gasteiger partial charge is 0.497 e. The number of anilines is 1. The maximum atomic E-state index is 12.2. The molecule has 0 unspecified atom stereocenters. The number of hydrogen-bond donors (Lipinski definition) is 1. The second-order valence-electron chi connectivity index (χ2n) is 7.27. The van der Waals surface area contributed by atoms with Crippen LogP contribution in [0.2, 0.25) is 0 Å². The van der Waals surface area contributed by atoms with E-state index in [1.165, 1.54) is 28.0 Å². The van der Waals surface area contributed by atoms with Gasteiger partial charge in [0.2, 0.25) is 5.91 Å². The zero-order valence-electron chi connectivity index (χ0n) is 17.0. The van der Waals surface area contributed by atoms with Crippen LogP contribution in [-0.4, -0.2) is 35.2 Å². The summed E-state index contributed by atoms with van der Waals surface area (Å²) in [7, 11) is 1.71. The summed E-state index contributed by atoms with van der Waals surface area (Å²) in [6.45, 7) is 2.70. The van der Waals surface area contributed by atoms with Gasteiger partial charge in [0.15, 0.2) is 5.13 Å². The fourth-order valence-corrected chi connectivity index (χ4v) is 5.01. The molecule has 1 amide bonds. The summed E-state index contributed by atoms with van der Waals surface area (Å²) in [4.78, 5) is 19.2. The smallest absolute Gasteiger partial charge is 0.236 e. The highest BCUT2D eigenvalue weighted by molar-refractivity contribution is 7.99. The lowest BCUT2D eigenvalue weighted by molar-refractivity contribution is -0.113. The fraction of sp³-hybridized carbons (Fsp3) is 0.304. The highest BCUT2D eigenvalue weighted by Crippen LogP contribution is 2.25. The normalized spacial score (nSPS) is 13.6. The molecule has 0 spiro atoms. The Kier molecular flexibility index (Phi) is 7.04. The number of rotatable bonds is 8. The Labute approximate surface area is 185 Å². The van der Waals surface area contributed by atoms with Gasteiger partial charge in [-0.2, -0.15) is 0 Å². The first kappa shape index (κ1) is 20.9. The van der Waals surface area contributed by atoms with Crippen LogP contribution in [0.3, 0.4) is 0 Å². The molecule has 0 saturated heterocycles. The summed E-state index contributed by atoms with van der Waals surface area (Å²) in [6, 6.07) is 16.5. The number of thioether (sulfide) groups is 1. The van der Waals surface area contributed by atoms with E-state index in [2.05, 4.69) is 39.5 Å². The molecule has 4 rings (SSSR count). The van der Waals surface area contributed by atoms with Crippen LogP contribution in [0.1, 0.15) is 22.4 Å². The fourth-order valence-electron chi connectivity index (χ4n) is 3.51. The summed E-state index contributed by atoms with van der Waals surface area (Å²) < 4.78 is 5.33. The number of thiazole rings is 1. The van der Waals surface area contributed by atoms with Crippen LogP contribution < -0.4 is 10.1 Å². The lowest BCUT2D eigenvalue weighted by atomic mass is 9.99. The van der Waals surface area contributed by atoms with E-state index < -0.39 is 0 Å². The molecule has 0 radical (unpaired) electrons. The van der Waals surface area contributed by atoms with Gasteiger partial charge < -0.3 is 10.1 Å². The summed E-state index contributed by atoms with van der Waals surface area (Å²) in [5.41, 5.74) is 4.95. The molecule has 0 aliphatic carbocycles. The average molecular weight is 440 g/mol. The van der Waals surface area contributed by atoms with Crippen LogP contribution in [-0.2, 0) is 30.1 Å². The minimum absolute atomic E-state index is 0.00215. The highest BCUT2D eigenvalue weighted by Gasteiger charge is 2.18. The number of amides is 1. The highest BCUT2D eigenvalue weighted by atomic mass is 32.2. The third kappa shape index (κ3) is 5.62. The lowest BCUT2D eigenvalue weighted by Crippen LogP contribution is -2.30. The summed E-state index contributed by atoms with van der Waals surface area (Å²) in [5, 5.41) is 5.65. The first-order valence-electron chi connectivity index (χ1n) is 9.93. The van der Waals surface area contributed by atoms with Crippen molar-refractivity contribution in [1.82, 2.24) is 9.88 Å². The van der Waals surface area contributed by atoms with Crippen LogP contribution in [0.15, 0.2) is 53.9 Å². The second-order valence-corrected chi connectivity index (χ2v) is 9.11. The number of methoxy groups -OCH3 is 1. The molecule has 2 heterocycles. The van der Waals surface area contributed by atoms with E-state index in [0.717, 1.165) is 43.3 Å². The van der Waals surface area contributed by atoms with Gasteiger partial charge in [-0.1, -0.05) is 36.4 Å². The topological polar surface area (TPSA) is 54.5 Å². The molecule has 0 saturated carbocycles. The van der Waals surface area contributed by atoms with Crippen LogP contribution in [0.4, 0.5) is 5.13 Å². The van der Waals surface area contributed by atoms with Gasteiger partial charge in [-0.3, -0.25) is 9.69 Å². The minimum atomic E-state index is -0.00215. The predicted octanol–water partition coefficient (Wildman–Crippen LogP) is 4.58. The standard InChI is InChI=1S/C23H25N3O2S2/c1-28-21-8-7-19-12-26(10-9-18(19)11-21)13-20-15-30-23(24-20)25-22(27)16-29-14-17-5-3-2-4-6-17/h2-8,11,15H,9-10,12-14,16H2,1H3,(H,24,25,27). The van der Waals surface area contributed by atoms with E-state index in [0.29, 0.717) is 10.9 Å². The van der Waals surface area contributed by atoms with Crippen molar-refractivity contribution in [2.45, 2.75) is 25.3 Å². The van der Waals surface area contributed by atoms with E-state index in [-0.39, 0.29) is 5.91 Å². The SMILES string of the molecule is COc1ccc2c(c1)CCN(Cc1csc(NC(=O)CSCc3ccccc3)n1)C2. The zero-order valence-corrected chi connectivity index (χ0v) is 18.6. The van der Waals surface area contributed by atoms with E-state index in [1.807, 2.05) is 29.6 Å². The predicted molar refractivity (Wildman–Crippen MR) is 124 cm³/mol. The Morgan fingerprint density at radius 2 is 2.10 bits per heavy atom. The number of nitrogens with zero attached hydrogens (tertiary/aromatic N) is 2. The first-order chi connectivity index (χ1) is 14.7. The van der Waals surface area contributed by atoms with Crippen molar-refractivity contribution in [3.05, 3.63) is 76.3 Å². The van der Waals surface area contributed by atoms with E-state index >= 15 is 0 Å². The Hall–Kier alpha value is -2.35. The van der Waals surface area contributed by atoms with Crippen molar-refractivity contribution < 1.29 is 9.53 Å². The third-order valence-electron chi connectivity index (χ3n) is 5.03. The number of fused-ring (bicyclic) bond motifs is 1. The number of carbonyl (C=O) groups excluding carboxylic acids is 1. The first-order valence-corrected chi connectivity index (χ1v) is 12.0. The van der Waals surface area contributed by atoms with Gasteiger partial charge in [0.05, 0.1) is 18.6 Å². The molecule has 1 N–H and O–H groups in total. The van der Waals surface area contributed by atoms with E-state index in [9.17, 15) is 4.79 Å². The molecule has 3 aromatic rings. The molecule has 0 fully saturated rings. The van der Waals surface area contributed by atoms with Gasteiger partial charge >= 0.3 is 0 Å². The van der Waals surface area contributed by atoms with Gasteiger partial charge in [0.25, 0.3) is 0 Å². The van der Waals surface area contributed by atoms with Gasteiger partial charge in [-0.05, 0) is 35.2 Å². The van der Waals surface area contributed by atoms with Crippen molar-refractivity contribution in [1.29, 1.82) is 0 Å². The van der Waals surface area contributed by atoms with Gasteiger partial charge in [-0.15, -0.1) is 23.1 Å². The minimum Gasteiger partial charge on any atom is -0.497 e. The number of hydrogen-bond acceptors (Lipinski definition) is 6. The molecule has 2 aromatic carbocycles. The molecule has 1 aromatic heterocycles. The van der Waals surface area contributed by atoms with Crippen molar-refractivity contribution in [2.24, 2.45) is 0 Å².